The second kappa shape index (κ2) is 7.57. The fraction of sp³-hybridized carbons (Fsp3) is 0.667. The lowest BCUT2D eigenvalue weighted by Gasteiger charge is -2.36. The molecule has 5 nitrogen and oxygen atoms in total. The number of aliphatic hydroxyl groups is 1. The summed E-state index contributed by atoms with van der Waals surface area (Å²) < 4.78 is 11.1. The van der Waals surface area contributed by atoms with E-state index < -0.39 is 6.10 Å². The molecule has 2 aliphatic carbocycles. The lowest BCUT2D eigenvalue weighted by Crippen LogP contribution is -2.47. The third-order valence-corrected chi connectivity index (χ3v) is 6.67. The lowest BCUT2D eigenvalue weighted by atomic mass is 9.78. The van der Waals surface area contributed by atoms with E-state index in [1.165, 1.54) is 12.7 Å². The quantitative estimate of drug-likeness (QED) is 0.896. The van der Waals surface area contributed by atoms with Crippen LogP contribution < -0.4 is 0 Å². The number of carbonyl (C=O) groups is 1. The van der Waals surface area contributed by atoms with Crippen molar-refractivity contribution in [2.75, 3.05) is 13.7 Å². The molecule has 1 aliphatic heterocycles. The maximum absolute atomic E-state index is 12.1. The van der Waals surface area contributed by atoms with Gasteiger partial charge in [0, 0.05) is 12.0 Å². The van der Waals surface area contributed by atoms with Gasteiger partial charge in [-0.2, -0.15) is 0 Å². The van der Waals surface area contributed by atoms with Crippen molar-refractivity contribution in [1.82, 2.24) is 4.90 Å². The molecule has 0 radical (unpaired) electrons. The molecule has 1 N–H and O–H groups in total. The van der Waals surface area contributed by atoms with Gasteiger partial charge in [0.1, 0.15) is 0 Å². The van der Waals surface area contributed by atoms with E-state index in [2.05, 4.69) is 30.3 Å². The maximum Gasteiger partial charge on any atom is 0.410 e. The van der Waals surface area contributed by atoms with Gasteiger partial charge in [-0.25, -0.2) is 4.79 Å². The number of nitrogens with zero attached hydrogens (tertiary/aromatic N) is 1. The molecule has 5 heteroatoms. The zero-order chi connectivity index (χ0) is 18.1. The molecule has 1 amide bonds. The van der Waals surface area contributed by atoms with Crippen LogP contribution in [0, 0.1) is 5.92 Å². The fourth-order valence-corrected chi connectivity index (χ4v) is 5.03. The number of benzene rings is 1. The van der Waals surface area contributed by atoms with Crippen LogP contribution >= 0.6 is 0 Å². The Bertz CT molecular complexity index is 614. The molecule has 1 saturated heterocycles. The summed E-state index contributed by atoms with van der Waals surface area (Å²) in [5.74, 6) is 0.812. The van der Waals surface area contributed by atoms with Crippen molar-refractivity contribution >= 4 is 6.09 Å². The molecule has 1 unspecified atom stereocenters. The van der Waals surface area contributed by atoms with Crippen molar-refractivity contribution in [1.29, 1.82) is 0 Å². The Morgan fingerprint density at radius 1 is 1.12 bits per heavy atom. The highest BCUT2D eigenvalue weighted by Crippen LogP contribution is 2.44. The predicted octanol–water partition coefficient (Wildman–Crippen LogP) is 3.32. The normalized spacial score (nSPS) is 36.3. The molecule has 4 rings (SSSR count). The van der Waals surface area contributed by atoms with Gasteiger partial charge in [0.05, 0.1) is 32.0 Å². The summed E-state index contributed by atoms with van der Waals surface area (Å²) >= 11 is 0. The maximum atomic E-state index is 12.1. The Morgan fingerprint density at radius 3 is 2.46 bits per heavy atom. The summed E-state index contributed by atoms with van der Waals surface area (Å²) in [6, 6.07) is 10.6. The molecule has 26 heavy (non-hydrogen) atoms. The van der Waals surface area contributed by atoms with Crippen molar-refractivity contribution in [2.24, 2.45) is 5.92 Å². The lowest BCUT2D eigenvalue weighted by molar-refractivity contribution is -0.0258. The summed E-state index contributed by atoms with van der Waals surface area (Å²) in [4.78, 5) is 13.9. The Kier molecular flexibility index (Phi) is 5.18. The minimum absolute atomic E-state index is 0.125. The number of hydrogen-bond acceptors (Lipinski definition) is 4. The molecule has 0 spiro atoms. The van der Waals surface area contributed by atoms with Crippen LogP contribution in [0.2, 0.25) is 0 Å². The van der Waals surface area contributed by atoms with Gasteiger partial charge < -0.3 is 14.6 Å². The van der Waals surface area contributed by atoms with Crippen molar-refractivity contribution in [3.05, 3.63) is 35.9 Å². The highest BCUT2D eigenvalue weighted by Gasteiger charge is 2.55. The van der Waals surface area contributed by atoms with Gasteiger partial charge in [-0.05, 0) is 50.0 Å². The molecule has 1 aromatic rings. The monoisotopic (exact) mass is 359 g/mol. The largest absolute Gasteiger partial charge is 0.453 e. The predicted molar refractivity (Wildman–Crippen MR) is 97.9 cm³/mol. The Labute approximate surface area is 155 Å². The van der Waals surface area contributed by atoms with Gasteiger partial charge in [0.2, 0.25) is 0 Å². The van der Waals surface area contributed by atoms with Crippen LogP contribution in [0.1, 0.15) is 50.0 Å². The minimum atomic E-state index is -0.492. The first kappa shape index (κ1) is 17.8. The van der Waals surface area contributed by atoms with Crippen LogP contribution in [0.5, 0.6) is 0 Å². The second-order valence-corrected chi connectivity index (χ2v) is 7.96. The van der Waals surface area contributed by atoms with Crippen molar-refractivity contribution < 1.29 is 19.4 Å². The summed E-state index contributed by atoms with van der Waals surface area (Å²) in [5.41, 5.74) is 1.42. The van der Waals surface area contributed by atoms with E-state index in [9.17, 15) is 9.90 Å². The molecule has 0 bridgehead atoms. The van der Waals surface area contributed by atoms with Crippen LogP contribution in [0.3, 0.4) is 0 Å². The molecule has 142 valence electrons. The Morgan fingerprint density at radius 2 is 1.85 bits per heavy atom. The number of carbonyl (C=O) groups excluding carboxylic acids is 1. The molecule has 3 aliphatic rings. The first-order chi connectivity index (χ1) is 12.7. The van der Waals surface area contributed by atoms with Gasteiger partial charge in [0.25, 0.3) is 0 Å². The number of amides is 1. The van der Waals surface area contributed by atoms with Crippen LogP contribution in [0.15, 0.2) is 30.3 Å². The zero-order valence-corrected chi connectivity index (χ0v) is 15.4. The number of methoxy groups -OCH3 is 1. The number of aliphatic hydroxyl groups excluding tert-OH is 1. The molecular weight excluding hydrogens is 330 g/mol. The van der Waals surface area contributed by atoms with Crippen LogP contribution in [-0.4, -0.2) is 54.1 Å². The third-order valence-electron chi connectivity index (χ3n) is 6.67. The first-order valence-corrected chi connectivity index (χ1v) is 9.90. The number of fused-ring (bicyclic) bond motifs is 1. The second-order valence-electron chi connectivity index (χ2n) is 7.96. The van der Waals surface area contributed by atoms with Crippen LogP contribution in [0.25, 0.3) is 0 Å². The highest BCUT2D eigenvalue weighted by atomic mass is 16.5. The van der Waals surface area contributed by atoms with Crippen molar-refractivity contribution in [3.8, 4) is 0 Å². The molecule has 4 atom stereocenters. The average Bonchev–Trinajstić information content (AvgIpc) is 2.85. The van der Waals surface area contributed by atoms with E-state index in [0.29, 0.717) is 12.5 Å². The molecule has 1 heterocycles. The van der Waals surface area contributed by atoms with E-state index >= 15 is 0 Å². The Balaban J connectivity index is 1.31. The number of likely N-dealkylation sites (tertiary alicyclic amines) is 1. The molecule has 1 aromatic carbocycles. The van der Waals surface area contributed by atoms with Gasteiger partial charge in [-0.15, -0.1) is 0 Å². The average molecular weight is 359 g/mol. The van der Waals surface area contributed by atoms with Gasteiger partial charge in [-0.3, -0.25) is 4.90 Å². The van der Waals surface area contributed by atoms with Crippen molar-refractivity contribution in [3.63, 3.8) is 0 Å². The van der Waals surface area contributed by atoms with E-state index in [1.807, 2.05) is 0 Å². The van der Waals surface area contributed by atoms with Crippen LogP contribution in [-0.2, 0) is 9.47 Å². The van der Waals surface area contributed by atoms with E-state index in [1.54, 1.807) is 4.90 Å². The van der Waals surface area contributed by atoms with Gasteiger partial charge in [0.15, 0.2) is 0 Å². The summed E-state index contributed by atoms with van der Waals surface area (Å²) in [5, 5.41) is 10.6. The topological polar surface area (TPSA) is 59.0 Å². The van der Waals surface area contributed by atoms with Gasteiger partial charge >= 0.3 is 6.09 Å². The zero-order valence-electron chi connectivity index (χ0n) is 15.4. The first-order valence-electron chi connectivity index (χ1n) is 9.90. The molecular formula is C21H29NO4. The highest BCUT2D eigenvalue weighted by molar-refractivity contribution is 5.69. The summed E-state index contributed by atoms with van der Waals surface area (Å²) in [7, 11) is 1.41. The smallest absolute Gasteiger partial charge is 0.410 e. The van der Waals surface area contributed by atoms with E-state index in [4.69, 9.17) is 9.47 Å². The van der Waals surface area contributed by atoms with E-state index in [-0.39, 0.29) is 30.2 Å². The van der Waals surface area contributed by atoms with Crippen molar-refractivity contribution in [2.45, 2.75) is 68.7 Å². The summed E-state index contributed by atoms with van der Waals surface area (Å²) in [6.45, 7) is 0.407. The molecule has 0 aromatic heterocycles. The number of ether oxygens (including phenoxy) is 2. The van der Waals surface area contributed by atoms with Gasteiger partial charge in [-0.1, -0.05) is 30.3 Å². The summed E-state index contributed by atoms with van der Waals surface area (Å²) in [6.07, 6.45) is 5.67. The SMILES string of the molecule is COC(=O)N1[C@@H]2CC[C@@H]2C(O)[C@@H]1COC1CCC(c2ccccc2)CC1. The minimum Gasteiger partial charge on any atom is -0.453 e. The number of hydrogen-bond donors (Lipinski definition) is 1. The standard InChI is InChI=1S/C21H29NO4/c1-25-21(24)22-18-12-11-17(18)20(23)19(22)13-26-16-9-7-15(8-10-16)14-5-3-2-4-6-14/h2-6,15-20,23H,7-13H2,1H3/t15?,16?,17-,18+,19-,20?/m0/s1. The fourth-order valence-electron chi connectivity index (χ4n) is 5.03. The number of rotatable bonds is 4. The molecule has 2 saturated carbocycles. The third kappa shape index (κ3) is 3.23. The van der Waals surface area contributed by atoms with E-state index in [0.717, 1.165) is 38.5 Å². The molecule has 3 fully saturated rings. The van der Waals surface area contributed by atoms with Crippen LogP contribution in [0.4, 0.5) is 4.79 Å². The Hall–Kier alpha value is -1.59.